The number of allylic oxidation sites excluding steroid dienone is 1. The van der Waals surface area contributed by atoms with Gasteiger partial charge in [0.15, 0.2) is 27.9 Å². The van der Waals surface area contributed by atoms with Crippen molar-refractivity contribution in [3.05, 3.63) is 52.8 Å². The van der Waals surface area contributed by atoms with Gasteiger partial charge >= 0.3 is 6.18 Å². The summed E-state index contributed by atoms with van der Waals surface area (Å²) in [7, 11) is 0. The van der Waals surface area contributed by atoms with Crippen LogP contribution in [-0.2, 0) is 6.18 Å². The molecule has 3 aromatic rings. The number of ether oxygens (including phenoxy) is 2. The third-order valence-electron chi connectivity index (χ3n) is 3.62. The van der Waals surface area contributed by atoms with Gasteiger partial charge in [0.25, 0.3) is 0 Å². The Morgan fingerprint density at radius 2 is 2.08 bits per heavy atom. The lowest BCUT2D eigenvalue weighted by Gasteiger charge is -2.04. The van der Waals surface area contributed by atoms with Gasteiger partial charge in [-0.05, 0) is 30.4 Å². The summed E-state index contributed by atoms with van der Waals surface area (Å²) in [5.41, 5.74) is -0.910. The van der Waals surface area contributed by atoms with E-state index in [0.29, 0.717) is 17.1 Å². The molecule has 1 aromatic carbocycles. The third kappa shape index (κ3) is 2.76. The number of nitrogens with zero attached hydrogens (tertiary/aromatic N) is 2. The van der Waals surface area contributed by atoms with Gasteiger partial charge in [-0.3, -0.25) is 9.20 Å². The molecule has 0 saturated carbocycles. The third-order valence-corrected chi connectivity index (χ3v) is 4.37. The molecule has 9 heteroatoms. The normalized spacial score (nSPS) is 13.9. The zero-order valence-corrected chi connectivity index (χ0v) is 13.2. The van der Waals surface area contributed by atoms with Gasteiger partial charge < -0.3 is 9.47 Å². The monoisotopic (exact) mass is 366 g/mol. The Bertz CT molecular complexity index is 1000. The number of hydrogen-bond acceptors (Lipinski definition) is 5. The number of hydrogen-bond donors (Lipinski definition) is 0. The van der Waals surface area contributed by atoms with Gasteiger partial charge in [-0.25, -0.2) is 4.98 Å². The minimum Gasteiger partial charge on any atom is -0.454 e. The lowest BCUT2D eigenvalue weighted by Crippen LogP contribution is -2.08. The molecule has 2 aromatic heterocycles. The van der Waals surface area contributed by atoms with Crippen molar-refractivity contribution in [3.63, 3.8) is 0 Å². The predicted octanol–water partition coefficient (Wildman–Crippen LogP) is 4.04. The van der Waals surface area contributed by atoms with Crippen LogP contribution in [0.3, 0.4) is 0 Å². The first-order chi connectivity index (χ1) is 11.9. The topological polar surface area (TPSA) is 52.8 Å². The molecule has 128 valence electrons. The van der Waals surface area contributed by atoms with Crippen LogP contribution in [-0.4, -0.2) is 22.0 Å². The van der Waals surface area contributed by atoms with Crippen molar-refractivity contribution in [2.45, 2.75) is 6.18 Å². The maximum Gasteiger partial charge on any atom is 0.435 e. The fraction of sp³-hybridized carbons (Fsp3) is 0.125. The number of alkyl halides is 3. The van der Waals surface area contributed by atoms with Gasteiger partial charge in [0.2, 0.25) is 6.79 Å². The molecule has 0 atom stereocenters. The molecule has 4 rings (SSSR count). The Morgan fingerprint density at radius 3 is 2.88 bits per heavy atom. The lowest BCUT2D eigenvalue weighted by atomic mass is 10.1. The molecule has 0 spiro atoms. The number of fused-ring (bicyclic) bond motifs is 2. The van der Waals surface area contributed by atoms with Crippen LogP contribution < -0.4 is 9.47 Å². The Labute approximate surface area is 142 Å². The van der Waals surface area contributed by atoms with Crippen LogP contribution in [0, 0.1) is 0 Å². The highest BCUT2D eigenvalue weighted by atomic mass is 32.1. The molecule has 0 fully saturated rings. The molecule has 25 heavy (non-hydrogen) atoms. The lowest BCUT2D eigenvalue weighted by molar-refractivity contribution is -0.140. The van der Waals surface area contributed by atoms with E-state index in [0.717, 1.165) is 23.5 Å². The van der Waals surface area contributed by atoms with Gasteiger partial charge in [0.05, 0.1) is 5.69 Å². The number of rotatable bonds is 3. The van der Waals surface area contributed by atoms with Crippen LogP contribution in [0.5, 0.6) is 11.5 Å². The summed E-state index contributed by atoms with van der Waals surface area (Å²) < 4.78 is 51.1. The minimum atomic E-state index is -4.60. The quantitative estimate of drug-likeness (QED) is 0.519. The molecule has 1 aliphatic heterocycles. The average Bonchev–Trinajstić information content (AvgIpc) is 3.26. The van der Waals surface area contributed by atoms with Crippen LogP contribution in [0.15, 0.2) is 35.9 Å². The van der Waals surface area contributed by atoms with E-state index in [9.17, 15) is 18.0 Å². The molecule has 0 amide bonds. The standard InChI is InChI=1S/C16H9F3N2O3S/c17-16(18,19)14-10(21-5-6-25-15(21)20-14)2-3-11(22)9-1-4-12-13(7-9)24-8-23-12/h1-7H,8H2. The second-order valence-corrected chi connectivity index (χ2v) is 6.04. The van der Waals surface area contributed by atoms with E-state index in [1.54, 1.807) is 11.4 Å². The summed E-state index contributed by atoms with van der Waals surface area (Å²) in [4.78, 5) is 16.1. The molecule has 0 bridgehead atoms. The van der Waals surface area contributed by atoms with Crippen LogP contribution in [0.1, 0.15) is 21.7 Å². The fourth-order valence-electron chi connectivity index (χ4n) is 2.47. The van der Waals surface area contributed by atoms with Crippen LogP contribution in [0.4, 0.5) is 13.2 Å². The van der Waals surface area contributed by atoms with E-state index >= 15 is 0 Å². The van der Waals surface area contributed by atoms with E-state index in [2.05, 4.69) is 4.98 Å². The van der Waals surface area contributed by atoms with Gasteiger partial charge in [-0.15, -0.1) is 11.3 Å². The fourth-order valence-corrected chi connectivity index (χ4v) is 3.19. The maximum atomic E-state index is 13.1. The number of ketones is 1. The number of halogens is 3. The number of imidazole rings is 1. The van der Waals surface area contributed by atoms with Gasteiger partial charge in [-0.1, -0.05) is 0 Å². The van der Waals surface area contributed by atoms with Crippen molar-refractivity contribution >= 4 is 28.2 Å². The number of aromatic nitrogens is 2. The van der Waals surface area contributed by atoms with Crippen molar-refractivity contribution < 1.29 is 27.4 Å². The number of carbonyl (C=O) groups is 1. The first-order valence-corrected chi connectivity index (χ1v) is 7.96. The highest BCUT2D eigenvalue weighted by Gasteiger charge is 2.37. The van der Waals surface area contributed by atoms with E-state index in [4.69, 9.17) is 9.47 Å². The van der Waals surface area contributed by atoms with E-state index in [-0.39, 0.29) is 17.4 Å². The predicted molar refractivity (Wildman–Crippen MR) is 84.0 cm³/mol. The zero-order chi connectivity index (χ0) is 17.6. The molecular weight excluding hydrogens is 357 g/mol. The molecule has 0 saturated heterocycles. The second-order valence-electron chi connectivity index (χ2n) is 5.16. The highest BCUT2D eigenvalue weighted by molar-refractivity contribution is 7.15. The van der Waals surface area contributed by atoms with E-state index < -0.39 is 17.7 Å². The van der Waals surface area contributed by atoms with Crippen molar-refractivity contribution in [1.29, 1.82) is 0 Å². The molecule has 5 nitrogen and oxygen atoms in total. The van der Waals surface area contributed by atoms with Crippen molar-refractivity contribution in [2.24, 2.45) is 0 Å². The first-order valence-electron chi connectivity index (χ1n) is 7.08. The number of thiazole rings is 1. The average molecular weight is 366 g/mol. The van der Waals surface area contributed by atoms with Gasteiger partial charge in [-0.2, -0.15) is 13.2 Å². The zero-order valence-electron chi connectivity index (χ0n) is 12.4. The van der Waals surface area contributed by atoms with E-state index in [1.165, 1.54) is 22.7 Å². The van der Waals surface area contributed by atoms with Gasteiger partial charge in [0, 0.05) is 17.1 Å². The van der Waals surface area contributed by atoms with Crippen molar-refractivity contribution in [3.8, 4) is 11.5 Å². The first kappa shape index (κ1) is 15.7. The molecule has 0 radical (unpaired) electrons. The molecule has 1 aliphatic rings. The maximum absolute atomic E-state index is 13.1. The summed E-state index contributed by atoms with van der Waals surface area (Å²) in [5.74, 6) is 0.507. The summed E-state index contributed by atoms with van der Waals surface area (Å²) in [6.07, 6.45) is -0.906. The van der Waals surface area contributed by atoms with E-state index in [1.807, 2.05) is 0 Å². The Hall–Kier alpha value is -2.81. The Kier molecular flexibility index (Phi) is 3.53. The van der Waals surface area contributed by atoms with Crippen LogP contribution >= 0.6 is 11.3 Å². The smallest absolute Gasteiger partial charge is 0.435 e. The molecule has 0 aliphatic carbocycles. The van der Waals surface area contributed by atoms with Crippen LogP contribution in [0.25, 0.3) is 11.0 Å². The SMILES string of the molecule is O=C(C=Cc1c(C(F)(F)F)nc2sccn12)c1ccc2c(c1)OCO2. The molecule has 0 N–H and O–H groups in total. The van der Waals surface area contributed by atoms with Crippen LogP contribution in [0.2, 0.25) is 0 Å². The highest BCUT2D eigenvalue weighted by Crippen LogP contribution is 2.34. The molecular formula is C16H9F3N2O3S. The summed E-state index contributed by atoms with van der Waals surface area (Å²) in [5, 5.41) is 1.62. The summed E-state index contributed by atoms with van der Waals surface area (Å²) in [6.45, 7) is 0.0731. The van der Waals surface area contributed by atoms with Gasteiger partial charge in [0.1, 0.15) is 0 Å². The van der Waals surface area contributed by atoms with Crippen molar-refractivity contribution in [2.75, 3.05) is 6.79 Å². The number of benzene rings is 1. The summed E-state index contributed by atoms with van der Waals surface area (Å²) in [6, 6.07) is 4.61. The largest absolute Gasteiger partial charge is 0.454 e. The molecule has 3 heterocycles. The number of carbonyl (C=O) groups excluding carboxylic acids is 1. The molecule has 0 unspecified atom stereocenters. The summed E-state index contributed by atoms with van der Waals surface area (Å²) >= 11 is 1.09. The Morgan fingerprint density at radius 1 is 1.28 bits per heavy atom. The Balaban J connectivity index is 1.69. The second kappa shape index (κ2) is 5.62. The minimum absolute atomic E-state index is 0.0731. The van der Waals surface area contributed by atoms with Crippen molar-refractivity contribution in [1.82, 2.24) is 9.38 Å².